The van der Waals surface area contributed by atoms with Gasteiger partial charge in [0.15, 0.2) is 0 Å². The highest BCUT2D eigenvalue weighted by Gasteiger charge is 2.31. The van der Waals surface area contributed by atoms with E-state index in [1.165, 1.54) is 46.3 Å². The second kappa shape index (κ2) is 12.9. The summed E-state index contributed by atoms with van der Waals surface area (Å²) in [6.45, 7) is 2.20. The van der Waals surface area contributed by atoms with Crippen LogP contribution in [0, 0.1) is 0 Å². The van der Waals surface area contributed by atoms with Crippen LogP contribution in [-0.2, 0) is 18.3 Å². The summed E-state index contributed by atoms with van der Waals surface area (Å²) in [5.74, 6) is -0.578. The van der Waals surface area contributed by atoms with Crippen LogP contribution in [0.2, 0.25) is 0 Å². The molecule has 0 fully saturated rings. The molecule has 0 saturated heterocycles. The molecule has 0 amide bonds. The van der Waals surface area contributed by atoms with Crippen LogP contribution in [0.1, 0.15) is 68.6 Å². The Kier molecular flexibility index (Phi) is 11.2. The van der Waals surface area contributed by atoms with E-state index < -0.39 is 13.6 Å². The van der Waals surface area contributed by atoms with Gasteiger partial charge in [-0.1, -0.05) is 63.6 Å². The average Bonchev–Trinajstić information content (AvgIpc) is 2.69. The fourth-order valence-corrected chi connectivity index (χ4v) is 3.58. The number of allylic oxidation sites excluding steroid dienone is 1. The third-order valence-corrected chi connectivity index (χ3v) is 5.86. The second-order valence-electron chi connectivity index (χ2n) is 6.07. The highest BCUT2D eigenvalue weighted by Crippen LogP contribution is 2.55. The maximum atomic E-state index is 12.7. The van der Waals surface area contributed by atoms with Gasteiger partial charge in [0.2, 0.25) is 5.50 Å². The summed E-state index contributed by atoms with van der Waals surface area (Å²) in [5.41, 5.74) is 0.343. The Hall–Kier alpha value is -1.42. The minimum Gasteiger partial charge on any atom is -0.415 e. The van der Waals surface area contributed by atoms with E-state index in [-0.39, 0.29) is 5.50 Å². The van der Waals surface area contributed by atoms with Crippen LogP contribution in [0.15, 0.2) is 41.9 Å². The molecule has 0 aliphatic heterocycles. The molecule has 1 aromatic rings. The third kappa shape index (κ3) is 7.86. The third-order valence-electron chi connectivity index (χ3n) is 4.08. The van der Waals surface area contributed by atoms with Crippen molar-refractivity contribution in [2.45, 2.75) is 58.3 Å². The Morgan fingerprint density at radius 2 is 1.54 bits per heavy atom. The molecular formula is C20H31O5P. The van der Waals surface area contributed by atoms with Crippen molar-refractivity contribution in [1.82, 2.24) is 0 Å². The molecule has 5 nitrogen and oxygen atoms in total. The summed E-state index contributed by atoms with van der Waals surface area (Å²) in [6, 6.07) is 8.57. The summed E-state index contributed by atoms with van der Waals surface area (Å²) in [5, 5.41) is 0. The normalized spacial score (nSPS) is 12.2. The lowest BCUT2D eigenvalue weighted by Crippen LogP contribution is -2.07. The van der Waals surface area contributed by atoms with Gasteiger partial charge < -0.3 is 13.8 Å². The lowest BCUT2D eigenvalue weighted by molar-refractivity contribution is 0.0631. The molecule has 0 heterocycles. The quantitative estimate of drug-likeness (QED) is 0.173. The van der Waals surface area contributed by atoms with Gasteiger partial charge in [0.25, 0.3) is 0 Å². The molecule has 146 valence electrons. The average molecular weight is 382 g/mol. The molecule has 0 spiro atoms. The standard InChI is InChI=1S/C20H31O5P/c1-4-5-6-7-8-9-10-14-17-19(26(22,23-2)24-3)25-20(21)18-15-12-11-13-16-18/h11-13,15-17H,4-10,14H2,1-3H3/b19-17+. The van der Waals surface area contributed by atoms with E-state index >= 15 is 0 Å². The van der Waals surface area contributed by atoms with E-state index in [1.54, 1.807) is 30.3 Å². The first-order chi connectivity index (χ1) is 12.6. The van der Waals surface area contributed by atoms with Crippen molar-refractivity contribution in [1.29, 1.82) is 0 Å². The highest BCUT2D eigenvalue weighted by molar-refractivity contribution is 7.58. The predicted molar refractivity (Wildman–Crippen MR) is 104 cm³/mol. The van der Waals surface area contributed by atoms with E-state index in [9.17, 15) is 9.36 Å². The van der Waals surface area contributed by atoms with Gasteiger partial charge in [0.1, 0.15) is 0 Å². The Morgan fingerprint density at radius 1 is 0.962 bits per heavy atom. The fraction of sp³-hybridized carbons (Fsp3) is 0.550. The first-order valence-corrected chi connectivity index (χ1v) is 10.8. The number of carbonyl (C=O) groups excluding carboxylic acids is 1. The van der Waals surface area contributed by atoms with Crippen LogP contribution in [0.3, 0.4) is 0 Å². The Morgan fingerprint density at radius 3 is 2.12 bits per heavy atom. The van der Waals surface area contributed by atoms with Crippen molar-refractivity contribution in [2.24, 2.45) is 0 Å². The van der Waals surface area contributed by atoms with Gasteiger partial charge in [-0.3, -0.25) is 4.57 Å². The van der Waals surface area contributed by atoms with Crippen LogP contribution in [0.25, 0.3) is 0 Å². The van der Waals surface area contributed by atoms with Gasteiger partial charge in [-0.2, -0.15) is 0 Å². The minimum atomic E-state index is -3.62. The van der Waals surface area contributed by atoms with Gasteiger partial charge in [0, 0.05) is 14.2 Å². The maximum absolute atomic E-state index is 12.7. The largest absolute Gasteiger partial charge is 0.415 e. The molecule has 0 saturated carbocycles. The number of esters is 1. The zero-order valence-electron chi connectivity index (χ0n) is 16.1. The zero-order valence-corrected chi connectivity index (χ0v) is 17.0. The topological polar surface area (TPSA) is 61.8 Å². The van der Waals surface area contributed by atoms with Crippen LogP contribution in [0.5, 0.6) is 0 Å². The van der Waals surface area contributed by atoms with Gasteiger partial charge in [-0.25, -0.2) is 4.79 Å². The molecule has 1 rings (SSSR count). The van der Waals surface area contributed by atoms with Crippen molar-refractivity contribution >= 4 is 13.6 Å². The van der Waals surface area contributed by atoms with E-state index in [2.05, 4.69) is 6.92 Å². The number of hydrogen-bond acceptors (Lipinski definition) is 5. The minimum absolute atomic E-state index is 0.0395. The fourth-order valence-electron chi connectivity index (χ4n) is 2.52. The Bertz CT molecular complexity index is 589. The number of carbonyl (C=O) groups is 1. The molecule has 0 aromatic heterocycles. The molecular weight excluding hydrogens is 351 g/mol. The summed E-state index contributed by atoms with van der Waals surface area (Å²) in [6.07, 6.45) is 10.5. The molecule has 0 atom stereocenters. The lowest BCUT2D eigenvalue weighted by Gasteiger charge is -2.17. The summed E-state index contributed by atoms with van der Waals surface area (Å²) >= 11 is 0. The predicted octanol–water partition coefficient (Wildman–Crippen LogP) is 6.31. The van der Waals surface area contributed by atoms with Crippen LogP contribution in [-0.4, -0.2) is 20.2 Å². The Balaban J connectivity index is 2.65. The zero-order chi connectivity index (χ0) is 19.3. The van der Waals surface area contributed by atoms with E-state index in [0.29, 0.717) is 12.0 Å². The first kappa shape index (κ1) is 22.6. The van der Waals surface area contributed by atoms with E-state index in [0.717, 1.165) is 12.8 Å². The molecule has 0 bridgehead atoms. The van der Waals surface area contributed by atoms with Crippen LogP contribution >= 0.6 is 7.60 Å². The highest BCUT2D eigenvalue weighted by atomic mass is 31.2. The molecule has 1 aromatic carbocycles. The number of unbranched alkanes of at least 4 members (excludes halogenated alkanes) is 7. The van der Waals surface area contributed by atoms with E-state index in [1.807, 2.05) is 6.07 Å². The number of benzene rings is 1. The molecule has 6 heteroatoms. The molecule has 0 radical (unpaired) electrons. The van der Waals surface area contributed by atoms with Gasteiger partial charge >= 0.3 is 13.6 Å². The summed E-state index contributed by atoms with van der Waals surface area (Å²) < 4.78 is 28.0. The number of rotatable bonds is 13. The van der Waals surface area contributed by atoms with Gasteiger partial charge in [-0.15, -0.1) is 0 Å². The van der Waals surface area contributed by atoms with Crippen molar-refractivity contribution in [3.05, 3.63) is 47.5 Å². The van der Waals surface area contributed by atoms with Crippen LogP contribution < -0.4 is 0 Å². The van der Waals surface area contributed by atoms with Crippen molar-refractivity contribution < 1.29 is 23.1 Å². The molecule has 26 heavy (non-hydrogen) atoms. The monoisotopic (exact) mass is 382 g/mol. The number of ether oxygens (including phenoxy) is 1. The van der Waals surface area contributed by atoms with E-state index in [4.69, 9.17) is 13.8 Å². The van der Waals surface area contributed by atoms with Crippen LogP contribution in [0.4, 0.5) is 0 Å². The Labute approximate surface area is 157 Å². The lowest BCUT2D eigenvalue weighted by atomic mass is 10.1. The maximum Gasteiger partial charge on any atom is 0.395 e. The summed E-state index contributed by atoms with van der Waals surface area (Å²) in [7, 11) is -1.06. The first-order valence-electron chi connectivity index (χ1n) is 9.26. The molecule has 0 aliphatic rings. The smallest absolute Gasteiger partial charge is 0.395 e. The van der Waals surface area contributed by atoms with Gasteiger partial charge in [0.05, 0.1) is 5.56 Å². The molecule has 0 aliphatic carbocycles. The SMILES string of the molecule is CCCCCCCCC/C=C(\OC(=O)c1ccccc1)P(=O)(OC)OC. The van der Waals surface area contributed by atoms with Gasteiger partial charge in [-0.05, 0) is 31.1 Å². The van der Waals surface area contributed by atoms with Crippen molar-refractivity contribution in [3.8, 4) is 0 Å². The second-order valence-corrected chi connectivity index (χ2v) is 8.24. The molecule has 0 unspecified atom stereocenters. The van der Waals surface area contributed by atoms with Crippen molar-refractivity contribution in [3.63, 3.8) is 0 Å². The summed E-state index contributed by atoms with van der Waals surface area (Å²) in [4.78, 5) is 12.3. The number of hydrogen-bond donors (Lipinski definition) is 0. The van der Waals surface area contributed by atoms with Crippen molar-refractivity contribution in [2.75, 3.05) is 14.2 Å². The molecule has 0 N–H and O–H groups in total.